The predicted molar refractivity (Wildman–Crippen MR) is 151 cm³/mol. The lowest BCUT2D eigenvalue weighted by Gasteiger charge is -2.29. The zero-order valence-electron chi connectivity index (χ0n) is 23.2. The number of nitrogens with zero attached hydrogens (tertiary/aromatic N) is 1. The number of rotatable bonds is 16. The summed E-state index contributed by atoms with van der Waals surface area (Å²) in [7, 11) is -8.13. The third kappa shape index (κ3) is 9.37. The van der Waals surface area contributed by atoms with Crippen LogP contribution in [0.15, 0.2) is 58.3 Å². The van der Waals surface area contributed by atoms with Gasteiger partial charge in [0.1, 0.15) is 12.1 Å². The Labute approximate surface area is 236 Å². The van der Waals surface area contributed by atoms with Crippen LogP contribution in [-0.4, -0.2) is 75.0 Å². The first-order valence-corrected chi connectivity index (χ1v) is 15.9. The molecule has 2 aromatic rings. The molecule has 2 atom stereocenters. The molecule has 1 amide bonds. The number of nitrogens with one attached hydrogen (secondary N) is 2. The number of hydrogen-bond donors (Lipinski definition) is 4. The second kappa shape index (κ2) is 14.7. The summed E-state index contributed by atoms with van der Waals surface area (Å²) in [6, 6.07) is 9.50. The Morgan fingerprint density at radius 2 is 1.40 bits per heavy atom. The molecule has 40 heavy (non-hydrogen) atoms. The van der Waals surface area contributed by atoms with Gasteiger partial charge in [-0.25, -0.2) is 16.8 Å². The smallest absolute Gasteiger partial charge is 0.322 e. The average Bonchev–Trinajstić information content (AvgIpc) is 2.88. The fourth-order valence-corrected chi connectivity index (χ4v) is 6.90. The topological polar surface area (TPSA) is 170 Å². The fraction of sp³-hybridized carbons (Fsp3) is 0.481. The number of carboxylic acid groups (broad SMARTS) is 1. The number of carboxylic acids is 1. The number of carbonyl (C=O) groups excluding carboxylic acids is 1. The Balaban J connectivity index is 2.00. The molecule has 0 aliphatic heterocycles. The first kappa shape index (κ1) is 33.4. The molecule has 0 radical (unpaired) electrons. The molecule has 11 nitrogen and oxygen atoms in total. The molecule has 0 unspecified atom stereocenters. The Morgan fingerprint density at radius 1 is 0.875 bits per heavy atom. The maximum atomic E-state index is 13.4. The minimum atomic E-state index is -4.08. The second-order valence-electron chi connectivity index (χ2n) is 10.1. The molecule has 222 valence electrons. The van der Waals surface area contributed by atoms with Crippen LogP contribution in [0.1, 0.15) is 44.2 Å². The summed E-state index contributed by atoms with van der Waals surface area (Å²) >= 11 is 0. The van der Waals surface area contributed by atoms with Crippen LogP contribution < -0.4 is 10.0 Å². The lowest BCUT2D eigenvalue weighted by atomic mass is 10.1. The third-order valence-electron chi connectivity index (χ3n) is 6.14. The molecule has 0 saturated heterocycles. The predicted octanol–water partition coefficient (Wildman–Crippen LogP) is 2.03. The highest BCUT2D eigenvalue weighted by Gasteiger charge is 2.36. The highest BCUT2D eigenvalue weighted by molar-refractivity contribution is 7.89. The van der Waals surface area contributed by atoms with Crippen LogP contribution in [0.25, 0.3) is 0 Å². The average molecular weight is 598 g/mol. The van der Waals surface area contributed by atoms with Gasteiger partial charge >= 0.3 is 5.97 Å². The van der Waals surface area contributed by atoms with Gasteiger partial charge in [-0.2, -0.15) is 9.03 Å². The van der Waals surface area contributed by atoms with E-state index in [0.717, 1.165) is 15.4 Å². The summed E-state index contributed by atoms with van der Waals surface area (Å²) in [5, 5.41) is 22.0. The lowest BCUT2D eigenvalue weighted by molar-refractivity contribution is -0.142. The molecule has 0 bridgehead atoms. The Morgan fingerprint density at radius 3 is 1.88 bits per heavy atom. The van der Waals surface area contributed by atoms with Crippen LogP contribution in [0.4, 0.5) is 0 Å². The van der Waals surface area contributed by atoms with Gasteiger partial charge in [0.2, 0.25) is 26.0 Å². The molecule has 2 aromatic carbocycles. The normalized spacial score (nSPS) is 13.8. The number of aliphatic hydroxyl groups is 1. The minimum absolute atomic E-state index is 0.00645. The number of aryl methyl sites for hydroxylation is 2. The quantitative estimate of drug-likeness (QED) is 0.213. The standard InChI is InChI=1S/C27H39N3O8S2/c1-19(2)17-30(40(37,38)23-14-10-21(4)11-15-23)25(27(33)34)7-5-6-16-28-26(32)24(18-31)29-39(35,36)22-12-8-20(3)9-13-22/h8-15,19,24-25,29,31H,5-7,16-18H2,1-4H3,(H,28,32)(H,33,34)/t24-,25-/m0/s1. The van der Waals surface area contributed by atoms with E-state index in [9.17, 15) is 36.6 Å². The Bertz CT molecular complexity index is 1340. The maximum absolute atomic E-state index is 13.4. The van der Waals surface area contributed by atoms with E-state index in [0.29, 0.717) is 6.42 Å². The number of amides is 1. The number of unbranched alkanes of at least 4 members (excludes halogenated alkanes) is 1. The van der Waals surface area contributed by atoms with Gasteiger partial charge in [-0.1, -0.05) is 49.2 Å². The van der Waals surface area contributed by atoms with E-state index in [-0.39, 0.29) is 41.6 Å². The van der Waals surface area contributed by atoms with Crippen LogP contribution in [0.3, 0.4) is 0 Å². The lowest BCUT2D eigenvalue weighted by Crippen LogP contribution is -2.49. The number of hydrogen-bond acceptors (Lipinski definition) is 7. The number of aliphatic carboxylic acids is 1. The van der Waals surface area contributed by atoms with E-state index in [2.05, 4.69) is 10.0 Å². The van der Waals surface area contributed by atoms with Crippen LogP contribution in [0.5, 0.6) is 0 Å². The largest absolute Gasteiger partial charge is 0.480 e. The first-order chi connectivity index (χ1) is 18.7. The van der Waals surface area contributed by atoms with Crippen molar-refractivity contribution in [2.24, 2.45) is 5.92 Å². The van der Waals surface area contributed by atoms with Gasteiger partial charge in [0.05, 0.1) is 16.4 Å². The number of benzene rings is 2. The monoisotopic (exact) mass is 597 g/mol. The van der Waals surface area contributed by atoms with Crippen LogP contribution in [0.2, 0.25) is 0 Å². The van der Waals surface area contributed by atoms with Gasteiger partial charge in [-0.15, -0.1) is 0 Å². The molecule has 0 aromatic heterocycles. The number of aliphatic hydroxyl groups excluding tert-OH is 1. The molecule has 4 N–H and O–H groups in total. The molecule has 0 aliphatic carbocycles. The number of carbonyl (C=O) groups is 2. The van der Waals surface area contributed by atoms with Crippen molar-refractivity contribution in [3.05, 3.63) is 59.7 Å². The zero-order chi connectivity index (χ0) is 30.1. The van der Waals surface area contributed by atoms with E-state index in [4.69, 9.17) is 0 Å². The van der Waals surface area contributed by atoms with Crippen molar-refractivity contribution in [3.8, 4) is 0 Å². The molecule has 0 heterocycles. The molecule has 0 fully saturated rings. The van der Waals surface area contributed by atoms with Crippen molar-refractivity contribution in [2.75, 3.05) is 19.7 Å². The van der Waals surface area contributed by atoms with Gasteiger partial charge in [0, 0.05) is 13.1 Å². The van der Waals surface area contributed by atoms with Crippen LogP contribution in [-0.2, 0) is 29.6 Å². The molecule has 0 saturated carbocycles. The van der Waals surface area contributed by atoms with Gasteiger partial charge in [0.15, 0.2) is 0 Å². The van der Waals surface area contributed by atoms with Crippen molar-refractivity contribution < 1.29 is 36.6 Å². The Kier molecular flexibility index (Phi) is 12.3. The van der Waals surface area contributed by atoms with Crippen LogP contribution >= 0.6 is 0 Å². The second-order valence-corrected chi connectivity index (χ2v) is 13.7. The van der Waals surface area contributed by atoms with E-state index < -0.39 is 50.6 Å². The first-order valence-electron chi connectivity index (χ1n) is 13.0. The van der Waals surface area contributed by atoms with Crippen molar-refractivity contribution in [1.29, 1.82) is 0 Å². The van der Waals surface area contributed by atoms with Gasteiger partial charge in [0.25, 0.3) is 0 Å². The van der Waals surface area contributed by atoms with Crippen molar-refractivity contribution in [2.45, 2.75) is 68.8 Å². The molecule has 2 rings (SSSR count). The van der Waals surface area contributed by atoms with Crippen molar-refractivity contribution in [3.63, 3.8) is 0 Å². The minimum Gasteiger partial charge on any atom is -0.480 e. The molecule has 13 heteroatoms. The highest BCUT2D eigenvalue weighted by Crippen LogP contribution is 2.23. The SMILES string of the molecule is Cc1ccc(S(=O)(=O)N[C@@H](CO)C(=O)NCCCC[C@@H](C(=O)O)N(CC(C)C)S(=O)(=O)c2ccc(C)cc2)cc1. The summed E-state index contributed by atoms with van der Waals surface area (Å²) in [5.41, 5.74) is 1.73. The summed E-state index contributed by atoms with van der Waals surface area (Å²) in [6.45, 7) is 6.55. The van der Waals surface area contributed by atoms with E-state index in [1.54, 1.807) is 45.0 Å². The summed E-state index contributed by atoms with van der Waals surface area (Å²) in [5.74, 6) is -2.14. The Hall–Kier alpha value is -2.84. The summed E-state index contributed by atoms with van der Waals surface area (Å²) < 4.78 is 55.1. The van der Waals surface area contributed by atoms with E-state index in [1.165, 1.54) is 24.3 Å². The van der Waals surface area contributed by atoms with E-state index >= 15 is 0 Å². The molecular formula is C27H39N3O8S2. The van der Waals surface area contributed by atoms with E-state index in [1.807, 2.05) is 6.92 Å². The van der Waals surface area contributed by atoms with Gasteiger partial charge in [-0.3, -0.25) is 9.59 Å². The zero-order valence-corrected chi connectivity index (χ0v) is 24.8. The maximum Gasteiger partial charge on any atom is 0.322 e. The molecule has 0 spiro atoms. The summed E-state index contributed by atoms with van der Waals surface area (Å²) in [6.07, 6.45) is 0.582. The van der Waals surface area contributed by atoms with Crippen LogP contribution in [0, 0.1) is 19.8 Å². The van der Waals surface area contributed by atoms with Gasteiger partial charge in [-0.05, 0) is 63.3 Å². The highest BCUT2D eigenvalue weighted by atomic mass is 32.2. The summed E-state index contributed by atoms with van der Waals surface area (Å²) in [4.78, 5) is 24.6. The third-order valence-corrected chi connectivity index (χ3v) is 9.51. The van der Waals surface area contributed by atoms with Crippen molar-refractivity contribution in [1.82, 2.24) is 14.3 Å². The van der Waals surface area contributed by atoms with Gasteiger partial charge < -0.3 is 15.5 Å². The number of sulfonamides is 2. The van der Waals surface area contributed by atoms with Crippen molar-refractivity contribution >= 4 is 31.9 Å². The fourth-order valence-electron chi connectivity index (χ4n) is 3.93. The molecular weight excluding hydrogens is 558 g/mol. The molecule has 0 aliphatic rings.